The molecule has 1 amide bonds. The normalized spacial score (nSPS) is 11.9. The number of pyridine rings is 1. The van der Waals surface area contributed by atoms with Crippen LogP contribution in [0.4, 0.5) is 0 Å². The minimum atomic E-state index is -0.216. The van der Waals surface area contributed by atoms with Crippen molar-refractivity contribution >= 4 is 29.0 Å². The first-order chi connectivity index (χ1) is 15.5. The number of nitrogens with zero attached hydrogens (tertiary/aromatic N) is 3. The Morgan fingerprint density at radius 3 is 2.53 bits per heavy atom. The summed E-state index contributed by atoms with van der Waals surface area (Å²) in [6.07, 6.45) is 1.88. The molecule has 0 bridgehead atoms. The van der Waals surface area contributed by atoms with Crippen molar-refractivity contribution in [2.24, 2.45) is 0 Å². The Morgan fingerprint density at radius 2 is 1.78 bits per heavy atom. The van der Waals surface area contributed by atoms with Crippen molar-refractivity contribution in [3.63, 3.8) is 0 Å². The van der Waals surface area contributed by atoms with Crippen molar-refractivity contribution in [1.29, 1.82) is 0 Å². The molecule has 0 radical (unpaired) electrons. The first kappa shape index (κ1) is 21.6. The number of carbonyl (C=O) groups excluding carboxylic acids is 1. The smallest absolute Gasteiger partial charge is 0.262 e. The molecule has 2 aromatic carbocycles. The van der Waals surface area contributed by atoms with Crippen LogP contribution in [0, 0.1) is 4.77 Å². The van der Waals surface area contributed by atoms with E-state index in [2.05, 4.69) is 9.97 Å². The molecule has 1 N–H and O–H groups in total. The number of benzene rings is 2. The Bertz CT molecular complexity index is 1330. The molecule has 32 heavy (non-hydrogen) atoms. The summed E-state index contributed by atoms with van der Waals surface area (Å²) in [6, 6.07) is 22.6. The molecule has 4 rings (SSSR count). The van der Waals surface area contributed by atoms with Crippen molar-refractivity contribution in [1.82, 2.24) is 19.4 Å². The van der Waals surface area contributed by atoms with Crippen LogP contribution in [0.2, 0.25) is 0 Å². The Morgan fingerprint density at radius 1 is 1.06 bits per heavy atom. The summed E-state index contributed by atoms with van der Waals surface area (Å²) in [4.78, 5) is 35.6. The summed E-state index contributed by atoms with van der Waals surface area (Å²) in [7, 11) is 0. The average Bonchev–Trinajstić information content (AvgIpc) is 2.83. The lowest BCUT2D eigenvalue weighted by Gasteiger charge is -2.29. The summed E-state index contributed by atoms with van der Waals surface area (Å²) in [5.41, 5.74) is 2.35. The number of amides is 1. The van der Waals surface area contributed by atoms with Gasteiger partial charge in [-0.15, -0.1) is 0 Å². The minimum Gasteiger partial charge on any atom is -0.332 e. The largest absolute Gasteiger partial charge is 0.332 e. The van der Waals surface area contributed by atoms with Gasteiger partial charge in [0.15, 0.2) is 4.77 Å². The van der Waals surface area contributed by atoms with E-state index in [4.69, 9.17) is 12.2 Å². The lowest BCUT2D eigenvalue weighted by Crippen LogP contribution is -2.35. The molecule has 7 heteroatoms. The molecule has 2 heterocycles. The zero-order valence-electron chi connectivity index (χ0n) is 17.8. The van der Waals surface area contributed by atoms with Crippen molar-refractivity contribution in [2.45, 2.75) is 32.5 Å². The fourth-order valence-corrected chi connectivity index (χ4v) is 4.04. The van der Waals surface area contributed by atoms with Crippen molar-refractivity contribution in [2.75, 3.05) is 0 Å². The second-order valence-corrected chi connectivity index (χ2v) is 8.01. The van der Waals surface area contributed by atoms with Gasteiger partial charge >= 0.3 is 0 Å². The third kappa shape index (κ3) is 4.68. The van der Waals surface area contributed by atoms with Crippen LogP contribution in [0.25, 0.3) is 10.9 Å². The van der Waals surface area contributed by atoms with Crippen LogP contribution < -0.4 is 5.56 Å². The molecule has 0 aliphatic heterocycles. The molecule has 0 spiro atoms. The number of hydrogen-bond donors (Lipinski definition) is 1. The van der Waals surface area contributed by atoms with Gasteiger partial charge in [-0.1, -0.05) is 48.5 Å². The summed E-state index contributed by atoms with van der Waals surface area (Å²) in [5, 5.41) is 0.552. The van der Waals surface area contributed by atoms with Gasteiger partial charge in [-0.3, -0.25) is 19.1 Å². The van der Waals surface area contributed by atoms with Crippen LogP contribution >= 0.6 is 12.2 Å². The molecule has 4 aromatic rings. The molecule has 1 unspecified atom stereocenters. The maximum absolute atomic E-state index is 13.4. The van der Waals surface area contributed by atoms with E-state index in [9.17, 15) is 9.59 Å². The van der Waals surface area contributed by atoms with Gasteiger partial charge in [0.05, 0.1) is 22.6 Å². The third-order valence-electron chi connectivity index (χ3n) is 5.54. The Kier molecular flexibility index (Phi) is 6.56. The first-order valence-electron chi connectivity index (χ1n) is 10.5. The Balaban J connectivity index is 1.59. The van der Waals surface area contributed by atoms with E-state index in [0.29, 0.717) is 22.2 Å². The van der Waals surface area contributed by atoms with Gasteiger partial charge in [-0.25, -0.2) is 0 Å². The third-order valence-corrected chi connectivity index (χ3v) is 5.86. The first-order valence-corrected chi connectivity index (χ1v) is 10.9. The van der Waals surface area contributed by atoms with Gasteiger partial charge in [0.2, 0.25) is 5.91 Å². The van der Waals surface area contributed by atoms with E-state index < -0.39 is 0 Å². The molecular formula is C25H24N4O2S. The number of hydrogen-bond acceptors (Lipinski definition) is 4. The maximum atomic E-state index is 13.4. The standard InChI is InChI=1S/C25H24N4O2S/c1-18(21-12-7-8-15-26-21)29(17-19-9-3-2-4-10-19)23(30)14-16-28-24(31)20-11-5-6-13-22(20)27-25(28)32/h2-13,15,18H,14,16-17H2,1H3,(H,27,32). The van der Waals surface area contributed by atoms with E-state index in [0.717, 1.165) is 11.3 Å². The molecule has 2 aromatic heterocycles. The highest BCUT2D eigenvalue weighted by Crippen LogP contribution is 2.22. The van der Waals surface area contributed by atoms with Gasteiger partial charge < -0.3 is 9.88 Å². The summed E-state index contributed by atoms with van der Waals surface area (Å²) in [5.74, 6) is -0.0681. The Labute approximate surface area is 191 Å². The number of nitrogens with one attached hydrogen (secondary N) is 1. The highest BCUT2D eigenvalue weighted by atomic mass is 32.1. The molecule has 162 valence electrons. The highest BCUT2D eigenvalue weighted by Gasteiger charge is 2.23. The molecule has 0 aliphatic rings. The average molecular weight is 445 g/mol. The molecule has 1 atom stereocenters. The number of rotatable bonds is 7. The second-order valence-electron chi connectivity index (χ2n) is 7.62. The van der Waals surface area contributed by atoms with Crippen LogP contribution in [0.3, 0.4) is 0 Å². The number of fused-ring (bicyclic) bond motifs is 1. The van der Waals surface area contributed by atoms with Gasteiger partial charge in [-0.05, 0) is 49.0 Å². The highest BCUT2D eigenvalue weighted by molar-refractivity contribution is 7.71. The molecular weight excluding hydrogens is 420 g/mol. The monoisotopic (exact) mass is 444 g/mol. The van der Waals surface area contributed by atoms with E-state index in [1.807, 2.05) is 73.7 Å². The summed E-state index contributed by atoms with van der Waals surface area (Å²) < 4.78 is 1.77. The summed E-state index contributed by atoms with van der Waals surface area (Å²) in [6.45, 7) is 2.63. The molecule has 0 saturated heterocycles. The van der Waals surface area contributed by atoms with Crippen LogP contribution in [0.5, 0.6) is 0 Å². The molecule has 6 nitrogen and oxygen atoms in total. The van der Waals surface area contributed by atoms with E-state index >= 15 is 0 Å². The zero-order valence-corrected chi connectivity index (χ0v) is 18.6. The SMILES string of the molecule is CC(c1ccccn1)N(Cc1ccccc1)C(=O)CCn1c(=S)[nH]c2ccccc2c1=O. The number of aromatic amines is 1. The minimum absolute atomic E-state index is 0.0681. The number of aromatic nitrogens is 3. The Hall–Kier alpha value is -3.58. The lowest BCUT2D eigenvalue weighted by molar-refractivity contribution is -0.134. The topological polar surface area (TPSA) is 71.0 Å². The molecule has 0 fully saturated rings. The van der Waals surface area contributed by atoms with Gasteiger partial charge in [0, 0.05) is 25.7 Å². The predicted molar refractivity (Wildman–Crippen MR) is 128 cm³/mol. The second kappa shape index (κ2) is 9.70. The van der Waals surface area contributed by atoms with Crippen LogP contribution in [0.15, 0.2) is 83.8 Å². The van der Waals surface area contributed by atoms with Gasteiger partial charge in [-0.2, -0.15) is 0 Å². The van der Waals surface area contributed by atoms with E-state index in [1.54, 1.807) is 17.2 Å². The van der Waals surface area contributed by atoms with Crippen molar-refractivity contribution < 1.29 is 4.79 Å². The van der Waals surface area contributed by atoms with Crippen molar-refractivity contribution in [3.05, 3.63) is 105 Å². The van der Waals surface area contributed by atoms with Gasteiger partial charge in [0.25, 0.3) is 5.56 Å². The van der Waals surface area contributed by atoms with E-state index in [-0.39, 0.29) is 30.5 Å². The lowest BCUT2D eigenvalue weighted by atomic mass is 10.1. The van der Waals surface area contributed by atoms with Crippen LogP contribution in [0.1, 0.15) is 30.6 Å². The van der Waals surface area contributed by atoms with E-state index in [1.165, 1.54) is 4.57 Å². The molecule has 0 aliphatic carbocycles. The van der Waals surface area contributed by atoms with Crippen molar-refractivity contribution in [3.8, 4) is 0 Å². The van der Waals surface area contributed by atoms with Crippen LogP contribution in [-0.4, -0.2) is 25.3 Å². The quantitative estimate of drug-likeness (QED) is 0.422. The van der Waals surface area contributed by atoms with Crippen LogP contribution in [-0.2, 0) is 17.9 Å². The fraction of sp³-hybridized carbons (Fsp3) is 0.200. The zero-order chi connectivity index (χ0) is 22.5. The molecule has 0 saturated carbocycles. The maximum Gasteiger partial charge on any atom is 0.262 e. The predicted octanol–water partition coefficient (Wildman–Crippen LogP) is 4.63. The summed E-state index contributed by atoms with van der Waals surface area (Å²) >= 11 is 5.39. The number of H-pyrrole nitrogens is 1. The fourth-order valence-electron chi connectivity index (χ4n) is 3.76. The number of para-hydroxylation sites is 1. The number of carbonyl (C=O) groups is 1. The van der Waals surface area contributed by atoms with Gasteiger partial charge in [0.1, 0.15) is 0 Å².